The van der Waals surface area contributed by atoms with Crippen LogP contribution in [0.25, 0.3) is 0 Å². The van der Waals surface area contributed by atoms with Crippen LogP contribution in [0.15, 0.2) is 0 Å². The minimum Gasteiger partial charge on any atom is -0.381 e. The molecule has 1 rings (SSSR count). The van der Waals surface area contributed by atoms with Gasteiger partial charge in [0.15, 0.2) is 0 Å². The fraction of sp³-hybridized carbons (Fsp3) is 1.00. The van der Waals surface area contributed by atoms with E-state index in [1.165, 1.54) is 38.8 Å². The van der Waals surface area contributed by atoms with E-state index in [2.05, 4.69) is 11.9 Å². The van der Waals surface area contributed by atoms with E-state index in [1.54, 1.807) is 0 Å². The largest absolute Gasteiger partial charge is 0.381 e. The summed E-state index contributed by atoms with van der Waals surface area (Å²) in [4.78, 5) is 2.44. The van der Waals surface area contributed by atoms with Crippen molar-refractivity contribution in [2.75, 3.05) is 39.2 Å². The molecule has 0 N–H and O–H groups in total. The lowest BCUT2D eigenvalue weighted by Gasteiger charge is -2.27. The fourth-order valence-corrected chi connectivity index (χ4v) is 2.33. The summed E-state index contributed by atoms with van der Waals surface area (Å²) in [6.45, 7) is 4.33. The van der Waals surface area contributed by atoms with Gasteiger partial charge in [-0.25, -0.2) is 0 Å². The second-order valence-corrected chi connectivity index (χ2v) is 4.97. The Morgan fingerprint density at radius 2 is 2.20 bits per heavy atom. The first kappa shape index (κ1) is 13.3. The molecular weight excluding hydrogens is 210 g/mol. The first-order chi connectivity index (χ1) is 7.33. The topological polar surface area (TPSA) is 12.5 Å². The van der Waals surface area contributed by atoms with Crippen LogP contribution >= 0.6 is 11.6 Å². The summed E-state index contributed by atoms with van der Waals surface area (Å²) in [5.74, 6) is 1.57. The van der Waals surface area contributed by atoms with E-state index in [4.69, 9.17) is 16.3 Å². The van der Waals surface area contributed by atoms with Crippen LogP contribution in [0.5, 0.6) is 0 Å². The molecule has 90 valence electrons. The molecule has 15 heavy (non-hydrogen) atoms. The minimum absolute atomic E-state index is 0.761. The van der Waals surface area contributed by atoms with Gasteiger partial charge in [-0.1, -0.05) is 6.42 Å². The minimum atomic E-state index is 0.761. The number of halogens is 1. The van der Waals surface area contributed by atoms with Crippen LogP contribution in [0, 0.1) is 5.92 Å². The van der Waals surface area contributed by atoms with E-state index in [-0.39, 0.29) is 0 Å². The second-order valence-electron chi connectivity index (χ2n) is 4.60. The fourth-order valence-electron chi connectivity index (χ4n) is 2.14. The molecule has 1 aliphatic rings. The highest BCUT2D eigenvalue weighted by Crippen LogP contribution is 2.14. The molecule has 3 heteroatoms. The van der Waals surface area contributed by atoms with Crippen LogP contribution in [-0.2, 0) is 4.74 Å². The molecule has 0 bridgehead atoms. The predicted molar refractivity (Wildman–Crippen MR) is 65.6 cm³/mol. The highest BCUT2D eigenvalue weighted by molar-refractivity contribution is 6.17. The molecule has 2 nitrogen and oxygen atoms in total. The summed E-state index contributed by atoms with van der Waals surface area (Å²) < 4.78 is 5.48. The summed E-state index contributed by atoms with van der Waals surface area (Å²) in [7, 11) is 2.22. The van der Waals surface area contributed by atoms with E-state index in [1.807, 2.05) is 0 Å². The molecule has 1 aliphatic heterocycles. The molecule has 1 atom stereocenters. The van der Waals surface area contributed by atoms with Crippen LogP contribution in [0.1, 0.15) is 32.1 Å². The maximum Gasteiger partial charge on any atom is 0.0506 e. The molecule has 0 amide bonds. The average molecular weight is 234 g/mol. The molecule has 1 fully saturated rings. The lowest BCUT2D eigenvalue weighted by molar-refractivity contribution is 0.0419. The average Bonchev–Trinajstić information content (AvgIpc) is 2.26. The van der Waals surface area contributed by atoms with E-state index in [0.29, 0.717) is 0 Å². The zero-order valence-corrected chi connectivity index (χ0v) is 10.6. The third kappa shape index (κ3) is 6.39. The number of nitrogens with zero attached hydrogens (tertiary/aromatic N) is 1. The number of unbranched alkanes of at least 4 members (excludes halogenated alkanes) is 2. The molecule has 0 spiro atoms. The van der Waals surface area contributed by atoms with E-state index >= 15 is 0 Å². The van der Waals surface area contributed by atoms with Crippen molar-refractivity contribution in [1.29, 1.82) is 0 Å². The standard InChI is InChI=1S/C12H24ClNO/c1-14(8-4-2-3-7-13)10-12-6-5-9-15-11-12/h12H,2-11H2,1H3. The Hall–Kier alpha value is 0.210. The first-order valence-electron chi connectivity index (χ1n) is 6.15. The smallest absolute Gasteiger partial charge is 0.0506 e. The van der Waals surface area contributed by atoms with Gasteiger partial charge in [0.2, 0.25) is 0 Å². The van der Waals surface area contributed by atoms with Crippen LogP contribution in [-0.4, -0.2) is 44.1 Å². The van der Waals surface area contributed by atoms with Crippen molar-refractivity contribution in [2.24, 2.45) is 5.92 Å². The molecule has 1 saturated heterocycles. The Kier molecular flexibility index (Phi) is 7.41. The van der Waals surface area contributed by atoms with Crippen LogP contribution in [0.4, 0.5) is 0 Å². The van der Waals surface area contributed by atoms with Crippen molar-refractivity contribution in [3.05, 3.63) is 0 Å². The maximum atomic E-state index is 5.64. The maximum absolute atomic E-state index is 5.64. The number of alkyl halides is 1. The summed E-state index contributed by atoms with van der Waals surface area (Å²) >= 11 is 5.64. The molecule has 0 aromatic heterocycles. The number of rotatable bonds is 7. The van der Waals surface area contributed by atoms with Crippen molar-refractivity contribution in [3.8, 4) is 0 Å². The van der Waals surface area contributed by atoms with Gasteiger partial charge in [0.25, 0.3) is 0 Å². The van der Waals surface area contributed by atoms with Crippen LogP contribution < -0.4 is 0 Å². The Labute approximate surface area is 98.9 Å². The Morgan fingerprint density at radius 3 is 2.87 bits per heavy atom. The summed E-state index contributed by atoms with van der Waals surface area (Å²) in [5, 5.41) is 0. The predicted octanol–water partition coefficient (Wildman–Crippen LogP) is 2.75. The molecule has 0 saturated carbocycles. The molecule has 1 heterocycles. The molecule has 0 radical (unpaired) electrons. The number of ether oxygens (including phenoxy) is 1. The molecule has 0 aliphatic carbocycles. The molecular formula is C12H24ClNO. The number of hydrogen-bond donors (Lipinski definition) is 0. The number of hydrogen-bond acceptors (Lipinski definition) is 2. The van der Waals surface area contributed by atoms with Gasteiger partial charge in [-0.05, 0) is 45.2 Å². The van der Waals surface area contributed by atoms with Crippen molar-refractivity contribution in [2.45, 2.75) is 32.1 Å². The third-order valence-corrected chi connectivity index (χ3v) is 3.27. The normalized spacial score (nSPS) is 22.2. The first-order valence-corrected chi connectivity index (χ1v) is 6.68. The summed E-state index contributed by atoms with van der Waals surface area (Å²) in [6, 6.07) is 0. The van der Waals surface area contributed by atoms with Crippen LogP contribution in [0.3, 0.4) is 0 Å². The lowest BCUT2D eigenvalue weighted by atomic mass is 10.0. The van der Waals surface area contributed by atoms with Gasteiger partial charge < -0.3 is 9.64 Å². The highest BCUT2D eigenvalue weighted by atomic mass is 35.5. The molecule has 1 unspecified atom stereocenters. The second kappa shape index (κ2) is 8.37. The lowest BCUT2D eigenvalue weighted by Crippen LogP contribution is -2.31. The van der Waals surface area contributed by atoms with Crippen LogP contribution in [0.2, 0.25) is 0 Å². The van der Waals surface area contributed by atoms with E-state index in [0.717, 1.165) is 31.4 Å². The zero-order chi connectivity index (χ0) is 10.9. The van der Waals surface area contributed by atoms with E-state index in [9.17, 15) is 0 Å². The Morgan fingerprint density at radius 1 is 1.33 bits per heavy atom. The zero-order valence-electron chi connectivity index (χ0n) is 9.88. The van der Waals surface area contributed by atoms with Crippen molar-refractivity contribution < 1.29 is 4.74 Å². The van der Waals surface area contributed by atoms with Gasteiger partial charge in [-0.15, -0.1) is 11.6 Å². The quantitative estimate of drug-likeness (QED) is 0.495. The van der Waals surface area contributed by atoms with Crippen molar-refractivity contribution in [3.63, 3.8) is 0 Å². The summed E-state index contributed by atoms with van der Waals surface area (Å²) in [6.07, 6.45) is 6.27. The third-order valence-electron chi connectivity index (χ3n) is 3.00. The molecule has 0 aromatic rings. The van der Waals surface area contributed by atoms with Crippen molar-refractivity contribution >= 4 is 11.6 Å². The molecule has 0 aromatic carbocycles. The van der Waals surface area contributed by atoms with Gasteiger partial charge in [0.05, 0.1) is 6.61 Å². The Bertz CT molecular complexity index is 149. The van der Waals surface area contributed by atoms with Gasteiger partial charge in [-0.2, -0.15) is 0 Å². The SMILES string of the molecule is CN(CCCCCCl)CC1CCCOC1. The van der Waals surface area contributed by atoms with Gasteiger partial charge in [0, 0.05) is 19.0 Å². The van der Waals surface area contributed by atoms with Gasteiger partial charge in [-0.3, -0.25) is 0 Å². The van der Waals surface area contributed by atoms with Crippen molar-refractivity contribution in [1.82, 2.24) is 4.90 Å². The van der Waals surface area contributed by atoms with Gasteiger partial charge in [0.1, 0.15) is 0 Å². The monoisotopic (exact) mass is 233 g/mol. The van der Waals surface area contributed by atoms with Gasteiger partial charge >= 0.3 is 0 Å². The Balaban J connectivity index is 1.98. The highest BCUT2D eigenvalue weighted by Gasteiger charge is 2.15. The summed E-state index contributed by atoms with van der Waals surface area (Å²) in [5.41, 5.74) is 0. The van der Waals surface area contributed by atoms with E-state index < -0.39 is 0 Å².